The van der Waals surface area contributed by atoms with E-state index in [1.165, 1.54) is 0 Å². The molecule has 3 N–H and O–H groups in total. The molecule has 2 rings (SSSR count). The summed E-state index contributed by atoms with van der Waals surface area (Å²) in [6, 6.07) is 3.20. The van der Waals surface area contributed by atoms with Crippen LogP contribution in [0.25, 0.3) is 11.2 Å². The Bertz CT molecular complexity index is 553. The van der Waals surface area contributed by atoms with Gasteiger partial charge >= 0.3 is 6.03 Å². The van der Waals surface area contributed by atoms with Crippen molar-refractivity contribution < 1.29 is 4.79 Å². The molecule has 18 heavy (non-hydrogen) atoms. The van der Waals surface area contributed by atoms with Gasteiger partial charge < -0.3 is 15.6 Å². The quantitative estimate of drug-likeness (QED) is 0.789. The van der Waals surface area contributed by atoms with Crippen LogP contribution in [0.5, 0.6) is 0 Å². The predicted octanol–water partition coefficient (Wildman–Crippen LogP) is 0.881. The molecule has 2 heterocycles. The van der Waals surface area contributed by atoms with Crippen LogP contribution in [0.15, 0.2) is 18.3 Å². The summed E-state index contributed by atoms with van der Waals surface area (Å²) in [4.78, 5) is 19.4. The lowest BCUT2D eigenvalue weighted by atomic mass is 10.4. The third-order valence-corrected chi connectivity index (χ3v) is 2.72. The number of aromatic nitrogens is 3. The first-order chi connectivity index (χ1) is 8.72. The SMILES string of the molecule is NC(=O)NCCn1c(CCCl)nc2cccnc21. The summed E-state index contributed by atoms with van der Waals surface area (Å²) in [5.74, 6) is 1.36. The third-order valence-electron chi connectivity index (χ3n) is 2.54. The normalized spacial score (nSPS) is 10.7. The molecule has 0 saturated heterocycles. The summed E-state index contributed by atoms with van der Waals surface area (Å²) >= 11 is 5.76. The fraction of sp³-hybridized carbons (Fsp3) is 0.364. The number of nitrogens with one attached hydrogen (secondary N) is 1. The number of fused-ring (bicyclic) bond motifs is 1. The number of rotatable bonds is 5. The number of nitrogens with two attached hydrogens (primary N) is 1. The highest BCUT2D eigenvalue weighted by Crippen LogP contribution is 2.14. The monoisotopic (exact) mass is 267 g/mol. The molecule has 0 unspecified atom stereocenters. The smallest absolute Gasteiger partial charge is 0.312 e. The molecule has 96 valence electrons. The van der Waals surface area contributed by atoms with Crippen molar-refractivity contribution >= 4 is 28.8 Å². The van der Waals surface area contributed by atoms with Crippen LogP contribution >= 0.6 is 11.6 Å². The second kappa shape index (κ2) is 5.68. The molecule has 2 aromatic rings. The number of urea groups is 1. The second-order valence-electron chi connectivity index (χ2n) is 3.76. The van der Waals surface area contributed by atoms with Crippen molar-refractivity contribution in [2.45, 2.75) is 13.0 Å². The number of imidazole rings is 1. The minimum Gasteiger partial charge on any atom is -0.352 e. The van der Waals surface area contributed by atoms with Crippen LogP contribution in [0, 0.1) is 0 Å². The molecule has 0 bridgehead atoms. The molecule has 0 saturated carbocycles. The van der Waals surface area contributed by atoms with Crippen molar-refractivity contribution in [2.24, 2.45) is 5.73 Å². The number of primary amides is 1. The zero-order valence-electron chi connectivity index (χ0n) is 9.77. The lowest BCUT2D eigenvalue weighted by Crippen LogP contribution is -2.32. The summed E-state index contributed by atoms with van der Waals surface area (Å²) in [6.07, 6.45) is 2.38. The topological polar surface area (TPSA) is 85.8 Å². The van der Waals surface area contributed by atoms with Gasteiger partial charge in [0.15, 0.2) is 5.65 Å². The minimum atomic E-state index is -0.536. The molecule has 0 spiro atoms. The van der Waals surface area contributed by atoms with Gasteiger partial charge in [-0.1, -0.05) is 0 Å². The molecular weight excluding hydrogens is 254 g/mol. The van der Waals surface area contributed by atoms with Crippen molar-refractivity contribution in [3.05, 3.63) is 24.2 Å². The first-order valence-corrected chi connectivity index (χ1v) is 6.15. The Morgan fingerprint density at radius 1 is 1.56 bits per heavy atom. The Morgan fingerprint density at radius 2 is 2.39 bits per heavy atom. The average molecular weight is 268 g/mol. The van der Waals surface area contributed by atoms with E-state index in [9.17, 15) is 4.79 Å². The molecule has 0 radical (unpaired) electrons. The van der Waals surface area contributed by atoms with Gasteiger partial charge in [-0.2, -0.15) is 0 Å². The van der Waals surface area contributed by atoms with Crippen molar-refractivity contribution in [3.8, 4) is 0 Å². The number of nitrogens with zero attached hydrogens (tertiary/aromatic N) is 3. The van der Waals surface area contributed by atoms with Crippen molar-refractivity contribution in [1.82, 2.24) is 19.9 Å². The average Bonchev–Trinajstić information content (AvgIpc) is 2.68. The largest absolute Gasteiger partial charge is 0.352 e. The molecular formula is C11H14ClN5O. The number of pyridine rings is 1. The van der Waals surface area contributed by atoms with Gasteiger partial charge in [-0.25, -0.2) is 14.8 Å². The minimum absolute atomic E-state index is 0.437. The van der Waals surface area contributed by atoms with Crippen LogP contribution in [-0.4, -0.2) is 33.0 Å². The Balaban J connectivity index is 2.26. The summed E-state index contributed by atoms with van der Waals surface area (Å²) in [6.45, 7) is 1.01. The molecule has 0 aliphatic carbocycles. The van der Waals surface area contributed by atoms with E-state index in [1.807, 2.05) is 16.7 Å². The van der Waals surface area contributed by atoms with Gasteiger partial charge in [-0.3, -0.25) is 0 Å². The van der Waals surface area contributed by atoms with Gasteiger partial charge in [0.25, 0.3) is 0 Å². The van der Waals surface area contributed by atoms with Crippen molar-refractivity contribution in [1.29, 1.82) is 0 Å². The Labute approximate surface area is 109 Å². The number of amides is 2. The Morgan fingerprint density at radius 3 is 3.11 bits per heavy atom. The predicted molar refractivity (Wildman–Crippen MR) is 69.5 cm³/mol. The first kappa shape index (κ1) is 12.6. The van der Waals surface area contributed by atoms with Crippen LogP contribution in [0.3, 0.4) is 0 Å². The molecule has 2 aromatic heterocycles. The van der Waals surface area contributed by atoms with E-state index in [2.05, 4.69) is 15.3 Å². The number of carbonyl (C=O) groups excluding carboxylic acids is 1. The van der Waals surface area contributed by atoms with Gasteiger partial charge in [-0.05, 0) is 12.1 Å². The van der Waals surface area contributed by atoms with Crippen LogP contribution in [0.1, 0.15) is 5.82 Å². The molecule has 2 amide bonds. The number of carbonyl (C=O) groups is 1. The Kier molecular flexibility index (Phi) is 3.99. The highest BCUT2D eigenvalue weighted by atomic mass is 35.5. The maximum absolute atomic E-state index is 10.7. The second-order valence-corrected chi connectivity index (χ2v) is 4.13. The van der Waals surface area contributed by atoms with E-state index in [0.29, 0.717) is 25.4 Å². The molecule has 0 aliphatic rings. The molecule has 6 nitrogen and oxygen atoms in total. The van der Waals surface area contributed by atoms with E-state index >= 15 is 0 Å². The summed E-state index contributed by atoms with van der Waals surface area (Å²) < 4.78 is 1.95. The lowest BCUT2D eigenvalue weighted by Gasteiger charge is -2.07. The summed E-state index contributed by atoms with van der Waals surface area (Å²) in [5.41, 5.74) is 6.66. The number of halogens is 1. The zero-order valence-corrected chi connectivity index (χ0v) is 10.5. The number of alkyl halides is 1. The van der Waals surface area contributed by atoms with Gasteiger partial charge in [-0.15, -0.1) is 11.6 Å². The van der Waals surface area contributed by atoms with E-state index in [4.69, 9.17) is 17.3 Å². The summed E-state index contributed by atoms with van der Waals surface area (Å²) in [7, 11) is 0. The van der Waals surface area contributed by atoms with Crippen LogP contribution in [-0.2, 0) is 13.0 Å². The third kappa shape index (κ3) is 2.70. The van der Waals surface area contributed by atoms with Crippen LogP contribution < -0.4 is 11.1 Å². The highest BCUT2D eigenvalue weighted by Gasteiger charge is 2.10. The standard InChI is InChI=1S/C11H14ClN5O/c12-4-3-9-16-8-2-1-5-14-10(8)17(9)7-6-15-11(13)18/h1-2,5H,3-4,6-7H2,(H3,13,15,18). The van der Waals surface area contributed by atoms with E-state index in [0.717, 1.165) is 17.0 Å². The van der Waals surface area contributed by atoms with E-state index in [-0.39, 0.29) is 0 Å². The lowest BCUT2D eigenvalue weighted by molar-refractivity contribution is 0.248. The van der Waals surface area contributed by atoms with Crippen molar-refractivity contribution in [3.63, 3.8) is 0 Å². The molecule has 0 atom stereocenters. The summed E-state index contributed by atoms with van der Waals surface area (Å²) in [5, 5.41) is 2.55. The number of hydrogen-bond acceptors (Lipinski definition) is 3. The number of hydrogen-bond donors (Lipinski definition) is 2. The fourth-order valence-corrected chi connectivity index (χ4v) is 1.98. The van der Waals surface area contributed by atoms with Gasteiger partial charge in [0.05, 0.1) is 0 Å². The zero-order chi connectivity index (χ0) is 13.0. The molecule has 7 heteroatoms. The molecule has 0 aliphatic heterocycles. The Hall–Kier alpha value is -1.82. The van der Waals surface area contributed by atoms with E-state index < -0.39 is 6.03 Å². The fourth-order valence-electron chi connectivity index (χ4n) is 1.81. The molecule has 0 fully saturated rings. The van der Waals surface area contributed by atoms with Gasteiger partial charge in [0.1, 0.15) is 11.3 Å². The molecule has 0 aromatic carbocycles. The highest BCUT2D eigenvalue weighted by molar-refractivity contribution is 6.17. The van der Waals surface area contributed by atoms with Gasteiger partial charge in [0, 0.05) is 31.6 Å². The first-order valence-electron chi connectivity index (χ1n) is 5.61. The van der Waals surface area contributed by atoms with Gasteiger partial charge in [0.2, 0.25) is 0 Å². The van der Waals surface area contributed by atoms with E-state index in [1.54, 1.807) is 6.20 Å². The number of aryl methyl sites for hydroxylation is 1. The maximum Gasteiger partial charge on any atom is 0.312 e. The van der Waals surface area contributed by atoms with Crippen molar-refractivity contribution in [2.75, 3.05) is 12.4 Å². The maximum atomic E-state index is 10.7. The van der Waals surface area contributed by atoms with Crippen LogP contribution in [0.2, 0.25) is 0 Å². The van der Waals surface area contributed by atoms with Crippen LogP contribution in [0.4, 0.5) is 4.79 Å².